The van der Waals surface area contributed by atoms with Gasteiger partial charge in [0.05, 0.1) is 26.2 Å². The fraction of sp³-hybridized carbons (Fsp3) is 0.857. The van der Waals surface area contributed by atoms with Crippen molar-refractivity contribution in [2.75, 3.05) is 26.2 Å². The molecular formula is C21H42NO4+. The first-order valence-electron chi connectivity index (χ1n) is 10.4. The average Bonchev–Trinajstić information content (AvgIpc) is 2.60. The van der Waals surface area contributed by atoms with Gasteiger partial charge < -0.3 is 9.22 Å². The molecule has 0 aromatic carbocycles. The predicted octanol–water partition coefficient (Wildman–Crippen LogP) is 4.67. The zero-order chi connectivity index (χ0) is 20.4. The Morgan fingerprint density at radius 3 is 1.12 bits per heavy atom. The molecule has 0 atom stereocenters. The van der Waals surface area contributed by atoms with Gasteiger partial charge in [0, 0.05) is 13.8 Å². The van der Waals surface area contributed by atoms with Crippen molar-refractivity contribution < 1.29 is 23.6 Å². The van der Waals surface area contributed by atoms with Gasteiger partial charge in [-0.05, 0) is 25.7 Å². The first-order chi connectivity index (χ1) is 12.3. The monoisotopic (exact) mass is 372 g/mol. The third-order valence-corrected chi connectivity index (χ3v) is 4.47. The third-order valence-electron chi connectivity index (χ3n) is 4.47. The average molecular weight is 373 g/mol. The molecule has 0 saturated carbocycles. The number of rotatable bonds is 13. The Labute approximate surface area is 161 Å². The third kappa shape index (κ3) is 15.1. The van der Waals surface area contributed by atoms with Crippen LogP contribution in [-0.2, 0) is 19.1 Å². The molecule has 26 heavy (non-hydrogen) atoms. The number of quaternary nitrogens is 1. The van der Waals surface area contributed by atoms with Crippen molar-refractivity contribution in [2.24, 2.45) is 0 Å². The Balaban J connectivity index is 0. The molecule has 0 aliphatic carbocycles. The van der Waals surface area contributed by atoms with E-state index in [-0.39, 0.29) is 0 Å². The predicted molar refractivity (Wildman–Crippen MR) is 107 cm³/mol. The summed E-state index contributed by atoms with van der Waals surface area (Å²) in [6.45, 7) is 17.1. The van der Waals surface area contributed by atoms with Gasteiger partial charge >= 0.3 is 11.9 Å². The molecule has 0 spiro atoms. The van der Waals surface area contributed by atoms with E-state index in [0.717, 1.165) is 13.8 Å². The molecule has 0 radical (unpaired) electrons. The van der Waals surface area contributed by atoms with Gasteiger partial charge in [0.1, 0.15) is 0 Å². The van der Waals surface area contributed by atoms with Gasteiger partial charge in [-0.2, -0.15) is 0 Å². The number of carbonyl (C=O) groups is 3. The standard InChI is InChI=1S/C16H36N.C5H6O4/c1-5-9-13-17(14-10-6-2,15-11-7-3)16-12-8-4;1-3(6)5(8)9-4(2)7/h5-16H2,1-4H3;1-2H3/q+1;. The number of Topliss-reactive ketones (excluding diaryl/α,β-unsaturated/α-hetero) is 1. The van der Waals surface area contributed by atoms with Crippen LogP contribution >= 0.6 is 0 Å². The normalized spacial score (nSPS) is 10.7. The molecule has 0 amide bonds. The Morgan fingerprint density at radius 1 is 0.654 bits per heavy atom. The number of esters is 2. The van der Waals surface area contributed by atoms with Crippen LogP contribution in [0.5, 0.6) is 0 Å². The summed E-state index contributed by atoms with van der Waals surface area (Å²) in [6, 6.07) is 0. The van der Waals surface area contributed by atoms with E-state index in [2.05, 4.69) is 32.4 Å². The van der Waals surface area contributed by atoms with Gasteiger partial charge in [0.15, 0.2) is 0 Å². The summed E-state index contributed by atoms with van der Waals surface area (Å²) in [5, 5.41) is 0. The van der Waals surface area contributed by atoms with Crippen molar-refractivity contribution in [1.29, 1.82) is 0 Å². The zero-order valence-corrected chi connectivity index (χ0v) is 18.1. The lowest BCUT2D eigenvalue weighted by Gasteiger charge is -2.39. The summed E-state index contributed by atoms with van der Waals surface area (Å²) < 4.78 is 5.30. The maximum Gasteiger partial charge on any atom is 0.381 e. The second kappa shape index (κ2) is 17.2. The molecule has 0 unspecified atom stereocenters. The molecule has 0 aromatic heterocycles. The summed E-state index contributed by atoms with van der Waals surface area (Å²) in [5.74, 6) is -2.65. The lowest BCUT2D eigenvalue weighted by atomic mass is 10.1. The minimum Gasteiger partial charge on any atom is -0.387 e. The van der Waals surface area contributed by atoms with Crippen LogP contribution in [0.2, 0.25) is 0 Å². The van der Waals surface area contributed by atoms with Crippen LogP contribution in [0.1, 0.15) is 92.9 Å². The summed E-state index contributed by atoms with van der Waals surface area (Å²) in [6.07, 6.45) is 11.1. The number of ether oxygens (including phenoxy) is 1. The number of carbonyl (C=O) groups excluding carboxylic acids is 3. The van der Waals surface area contributed by atoms with Crippen molar-refractivity contribution in [1.82, 2.24) is 0 Å². The summed E-state index contributed by atoms with van der Waals surface area (Å²) >= 11 is 0. The number of unbranched alkanes of at least 4 members (excludes halogenated alkanes) is 4. The van der Waals surface area contributed by atoms with E-state index in [1.807, 2.05) is 0 Å². The second-order valence-corrected chi connectivity index (χ2v) is 7.09. The van der Waals surface area contributed by atoms with Crippen molar-refractivity contribution in [3.05, 3.63) is 0 Å². The molecule has 0 bridgehead atoms. The molecule has 154 valence electrons. The Hall–Kier alpha value is -1.23. The van der Waals surface area contributed by atoms with Crippen LogP contribution in [0.4, 0.5) is 0 Å². The number of hydrogen-bond acceptors (Lipinski definition) is 4. The van der Waals surface area contributed by atoms with E-state index < -0.39 is 17.7 Å². The van der Waals surface area contributed by atoms with Crippen LogP contribution in [-0.4, -0.2) is 48.4 Å². The maximum absolute atomic E-state index is 10.2. The fourth-order valence-electron chi connectivity index (χ4n) is 2.85. The van der Waals surface area contributed by atoms with E-state index in [1.165, 1.54) is 82.0 Å². The highest BCUT2D eigenvalue weighted by atomic mass is 16.6. The molecule has 0 aromatic rings. The van der Waals surface area contributed by atoms with Crippen molar-refractivity contribution >= 4 is 17.7 Å². The highest BCUT2D eigenvalue weighted by Crippen LogP contribution is 2.16. The molecule has 0 N–H and O–H groups in total. The summed E-state index contributed by atoms with van der Waals surface area (Å²) in [7, 11) is 0. The maximum atomic E-state index is 10.2. The first-order valence-corrected chi connectivity index (χ1v) is 10.4. The highest BCUT2D eigenvalue weighted by molar-refractivity contribution is 6.34. The molecule has 0 aliphatic heterocycles. The van der Waals surface area contributed by atoms with E-state index in [1.54, 1.807) is 0 Å². The Bertz CT molecular complexity index is 356. The first kappa shape index (κ1) is 27.0. The number of ketones is 1. The molecular weight excluding hydrogens is 330 g/mol. The van der Waals surface area contributed by atoms with Gasteiger partial charge in [0.25, 0.3) is 0 Å². The van der Waals surface area contributed by atoms with Crippen LogP contribution < -0.4 is 0 Å². The zero-order valence-electron chi connectivity index (χ0n) is 18.1. The smallest absolute Gasteiger partial charge is 0.381 e. The lowest BCUT2D eigenvalue weighted by molar-refractivity contribution is -0.929. The van der Waals surface area contributed by atoms with E-state index in [9.17, 15) is 14.4 Å². The summed E-state index contributed by atoms with van der Waals surface area (Å²) in [4.78, 5) is 30.2. The molecule has 0 aliphatic rings. The van der Waals surface area contributed by atoms with Gasteiger partial charge in [0.2, 0.25) is 5.78 Å². The summed E-state index contributed by atoms with van der Waals surface area (Å²) in [5.41, 5.74) is 0. The van der Waals surface area contributed by atoms with Crippen molar-refractivity contribution in [3.63, 3.8) is 0 Å². The van der Waals surface area contributed by atoms with Crippen LogP contribution in [0, 0.1) is 0 Å². The quantitative estimate of drug-likeness (QED) is 0.204. The van der Waals surface area contributed by atoms with Crippen LogP contribution in [0.25, 0.3) is 0 Å². The Kier molecular flexibility index (Phi) is 17.9. The molecule has 0 fully saturated rings. The fourth-order valence-corrected chi connectivity index (χ4v) is 2.85. The molecule has 5 heteroatoms. The van der Waals surface area contributed by atoms with Crippen molar-refractivity contribution in [3.8, 4) is 0 Å². The minimum absolute atomic E-state index is 0.768. The largest absolute Gasteiger partial charge is 0.387 e. The molecule has 0 rings (SSSR count). The second-order valence-electron chi connectivity index (χ2n) is 7.09. The molecule has 0 heterocycles. The van der Waals surface area contributed by atoms with E-state index >= 15 is 0 Å². The van der Waals surface area contributed by atoms with Gasteiger partial charge in [-0.25, -0.2) is 4.79 Å². The minimum atomic E-state index is -1.11. The molecule has 5 nitrogen and oxygen atoms in total. The number of nitrogens with zero attached hydrogens (tertiary/aromatic N) is 1. The van der Waals surface area contributed by atoms with Crippen molar-refractivity contribution in [2.45, 2.75) is 92.9 Å². The Morgan fingerprint density at radius 2 is 0.962 bits per heavy atom. The van der Waals surface area contributed by atoms with Gasteiger partial charge in [-0.3, -0.25) is 9.59 Å². The topological polar surface area (TPSA) is 60.4 Å². The molecule has 0 saturated heterocycles. The highest BCUT2D eigenvalue weighted by Gasteiger charge is 2.24. The lowest BCUT2D eigenvalue weighted by Crippen LogP contribution is -2.50. The number of hydrogen-bond donors (Lipinski definition) is 0. The van der Waals surface area contributed by atoms with Gasteiger partial charge in [-0.1, -0.05) is 53.4 Å². The van der Waals surface area contributed by atoms with Crippen LogP contribution in [0.15, 0.2) is 0 Å². The van der Waals surface area contributed by atoms with E-state index in [0.29, 0.717) is 0 Å². The SMILES string of the molecule is CC(=O)OC(=O)C(C)=O.CCCC[N+](CCCC)(CCCC)CCCC. The van der Waals surface area contributed by atoms with Gasteiger partial charge in [-0.15, -0.1) is 0 Å². The van der Waals surface area contributed by atoms with E-state index in [4.69, 9.17) is 0 Å². The van der Waals surface area contributed by atoms with Crippen LogP contribution in [0.3, 0.4) is 0 Å².